The van der Waals surface area contributed by atoms with Crippen molar-refractivity contribution in [2.45, 2.75) is 57.5 Å². The summed E-state index contributed by atoms with van der Waals surface area (Å²) >= 11 is 1.56. The molecule has 30 heavy (non-hydrogen) atoms. The molecular weight excluding hydrogens is 400 g/mol. The summed E-state index contributed by atoms with van der Waals surface area (Å²) in [5, 5.41) is 16.6. The Morgan fingerprint density at radius 2 is 2.20 bits per heavy atom. The van der Waals surface area contributed by atoms with Gasteiger partial charge in [0.1, 0.15) is 0 Å². The summed E-state index contributed by atoms with van der Waals surface area (Å²) in [6.45, 7) is 3.73. The standard InChI is InChI=1S/C22H28N4O3S/c1-2-10-23-16-8-9-17-19(13-16)30-21(24-17)25-20(27)15-6-3-5-14(12-15)18-7-4-11-26(18)22(28)29/h3,5-6,12,16,18,23H,2,4,7-11,13H2,1H3,(H,28,29)(H,24,25,27). The first-order chi connectivity index (χ1) is 14.5. The summed E-state index contributed by atoms with van der Waals surface area (Å²) in [5.74, 6) is -0.205. The first-order valence-corrected chi connectivity index (χ1v) is 11.5. The number of fused-ring (bicyclic) bond motifs is 1. The molecule has 2 aliphatic rings. The fourth-order valence-electron chi connectivity index (χ4n) is 4.35. The van der Waals surface area contributed by atoms with E-state index in [0.717, 1.165) is 56.3 Å². The second-order valence-electron chi connectivity index (χ2n) is 8.00. The van der Waals surface area contributed by atoms with Gasteiger partial charge in [-0.1, -0.05) is 19.1 Å². The van der Waals surface area contributed by atoms with Crippen LogP contribution in [0.5, 0.6) is 0 Å². The number of hydrogen-bond donors (Lipinski definition) is 3. The maximum Gasteiger partial charge on any atom is 0.407 e. The van der Waals surface area contributed by atoms with Gasteiger partial charge in [-0.3, -0.25) is 10.1 Å². The lowest BCUT2D eigenvalue weighted by molar-refractivity contribution is 0.102. The van der Waals surface area contributed by atoms with Crippen LogP contribution in [-0.4, -0.2) is 46.1 Å². The van der Waals surface area contributed by atoms with Crippen molar-refractivity contribution in [3.8, 4) is 0 Å². The maximum atomic E-state index is 12.8. The molecule has 4 rings (SSSR count). The number of amides is 2. The van der Waals surface area contributed by atoms with Gasteiger partial charge >= 0.3 is 6.09 Å². The minimum Gasteiger partial charge on any atom is -0.465 e. The quantitative estimate of drug-likeness (QED) is 0.645. The molecule has 1 aromatic carbocycles. The van der Waals surface area contributed by atoms with Crippen LogP contribution in [-0.2, 0) is 12.8 Å². The Balaban J connectivity index is 1.44. The Labute approximate surface area is 180 Å². The molecule has 0 bridgehead atoms. The fourth-order valence-corrected chi connectivity index (χ4v) is 5.43. The molecule has 0 spiro atoms. The van der Waals surface area contributed by atoms with Crippen LogP contribution in [0, 0.1) is 0 Å². The highest BCUT2D eigenvalue weighted by Gasteiger charge is 2.30. The van der Waals surface area contributed by atoms with Crippen LogP contribution in [0.15, 0.2) is 24.3 Å². The number of rotatable bonds is 6. The van der Waals surface area contributed by atoms with Gasteiger partial charge in [0, 0.05) is 23.0 Å². The topological polar surface area (TPSA) is 94.6 Å². The minimum atomic E-state index is -0.910. The van der Waals surface area contributed by atoms with Gasteiger partial charge in [-0.05, 0) is 62.8 Å². The predicted molar refractivity (Wildman–Crippen MR) is 117 cm³/mol. The molecule has 3 N–H and O–H groups in total. The van der Waals surface area contributed by atoms with E-state index in [2.05, 4.69) is 22.5 Å². The van der Waals surface area contributed by atoms with Crippen LogP contribution >= 0.6 is 11.3 Å². The molecule has 1 aliphatic heterocycles. The average Bonchev–Trinajstić information content (AvgIpc) is 3.38. The van der Waals surface area contributed by atoms with Gasteiger partial charge in [0.25, 0.3) is 5.91 Å². The van der Waals surface area contributed by atoms with E-state index in [1.807, 2.05) is 12.1 Å². The second kappa shape index (κ2) is 9.14. The Kier molecular flexibility index (Phi) is 6.34. The molecule has 0 radical (unpaired) electrons. The lowest BCUT2D eigenvalue weighted by Gasteiger charge is -2.22. The van der Waals surface area contributed by atoms with Crippen molar-refractivity contribution in [1.29, 1.82) is 0 Å². The third-order valence-corrected chi connectivity index (χ3v) is 6.91. The maximum absolute atomic E-state index is 12.8. The van der Waals surface area contributed by atoms with Gasteiger partial charge in [-0.2, -0.15) is 0 Å². The molecule has 2 amide bonds. The fraction of sp³-hybridized carbons (Fsp3) is 0.500. The molecular formula is C22H28N4O3S. The highest BCUT2D eigenvalue weighted by atomic mass is 32.1. The monoisotopic (exact) mass is 428 g/mol. The Hall–Kier alpha value is -2.45. The number of nitrogens with zero attached hydrogens (tertiary/aromatic N) is 2. The van der Waals surface area contributed by atoms with Crippen molar-refractivity contribution in [1.82, 2.24) is 15.2 Å². The molecule has 1 aliphatic carbocycles. The SMILES string of the molecule is CCCNC1CCc2nc(NC(=O)c3cccc(C4CCCN4C(=O)O)c3)sc2C1. The summed E-state index contributed by atoms with van der Waals surface area (Å²) in [5.41, 5.74) is 2.49. The summed E-state index contributed by atoms with van der Waals surface area (Å²) in [7, 11) is 0. The number of aromatic nitrogens is 1. The smallest absolute Gasteiger partial charge is 0.407 e. The molecule has 8 heteroatoms. The van der Waals surface area contributed by atoms with Gasteiger partial charge in [0.05, 0.1) is 11.7 Å². The largest absolute Gasteiger partial charge is 0.465 e. The zero-order chi connectivity index (χ0) is 21.1. The van der Waals surface area contributed by atoms with Crippen LogP contribution in [0.2, 0.25) is 0 Å². The Bertz CT molecular complexity index is 929. The number of carboxylic acid groups (broad SMARTS) is 1. The minimum absolute atomic E-state index is 0.185. The lowest BCUT2D eigenvalue weighted by atomic mass is 9.98. The van der Waals surface area contributed by atoms with E-state index in [9.17, 15) is 14.7 Å². The van der Waals surface area contributed by atoms with Crippen molar-refractivity contribution in [3.63, 3.8) is 0 Å². The van der Waals surface area contributed by atoms with E-state index in [1.54, 1.807) is 23.5 Å². The van der Waals surface area contributed by atoms with Crippen LogP contribution < -0.4 is 10.6 Å². The van der Waals surface area contributed by atoms with Crippen molar-refractivity contribution >= 4 is 28.5 Å². The van der Waals surface area contributed by atoms with Gasteiger partial charge in [-0.15, -0.1) is 11.3 Å². The molecule has 2 atom stereocenters. The highest BCUT2D eigenvalue weighted by Crippen LogP contribution is 2.33. The molecule has 1 fully saturated rings. The van der Waals surface area contributed by atoms with Gasteiger partial charge in [-0.25, -0.2) is 9.78 Å². The number of nitrogens with one attached hydrogen (secondary N) is 2. The zero-order valence-electron chi connectivity index (χ0n) is 17.2. The molecule has 2 aromatic rings. The summed E-state index contributed by atoms with van der Waals surface area (Å²) in [6.07, 6.45) is 4.81. The molecule has 2 unspecified atom stereocenters. The van der Waals surface area contributed by atoms with Crippen LogP contribution in [0.4, 0.5) is 9.93 Å². The van der Waals surface area contributed by atoms with Crippen LogP contribution in [0.3, 0.4) is 0 Å². The van der Waals surface area contributed by atoms with Gasteiger partial charge in [0.15, 0.2) is 5.13 Å². The third-order valence-electron chi connectivity index (χ3n) is 5.88. The highest BCUT2D eigenvalue weighted by molar-refractivity contribution is 7.15. The van der Waals surface area contributed by atoms with Crippen molar-refractivity contribution in [2.24, 2.45) is 0 Å². The number of aryl methyl sites for hydroxylation is 1. The normalized spacial score (nSPS) is 20.8. The number of likely N-dealkylation sites (tertiary alicyclic amines) is 1. The Morgan fingerprint density at radius 1 is 1.33 bits per heavy atom. The lowest BCUT2D eigenvalue weighted by Crippen LogP contribution is -2.34. The molecule has 1 saturated heterocycles. The second-order valence-corrected chi connectivity index (χ2v) is 9.08. The molecule has 160 valence electrons. The van der Waals surface area contributed by atoms with Crippen LogP contribution in [0.25, 0.3) is 0 Å². The predicted octanol–water partition coefficient (Wildman–Crippen LogP) is 4.07. The summed E-state index contributed by atoms with van der Waals surface area (Å²) < 4.78 is 0. The number of thiazole rings is 1. The van der Waals surface area contributed by atoms with E-state index < -0.39 is 6.09 Å². The van der Waals surface area contributed by atoms with Gasteiger partial charge < -0.3 is 15.3 Å². The first kappa shape index (κ1) is 20.8. The number of anilines is 1. The van der Waals surface area contributed by atoms with Crippen molar-refractivity contribution < 1.29 is 14.7 Å². The zero-order valence-corrected chi connectivity index (χ0v) is 18.0. The van der Waals surface area contributed by atoms with E-state index >= 15 is 0 Å². The molecule has 7 nitrogen and oxygen atoms in total. The van der Waals surface area contributed by atoms with Crippen molar-refractivity contribution in [2.75, 3.05) is 18.4 Å². The van der Waals surface area contributed by atoms with E-state index in [4.69, 9.17) is 0 Å². The van der Waals surface area contributed by atoms with Crippen LogP contribution in [0.1, 0.15) is 65.1 Å². The number of carbonyl (C=O) groups is 2. The summed E-state index contributed by atoms with van der Waals surface area (Å²) in [4.78, 5) is 31.6. The molecule has 1 aromatic heterocycles. The average molecular weight is 429 g/mol. The summed E-state index contributed by atoms with van der Waals surface area (Å²) in [6, 6.07) is 7.58. The van der Waals surface area contributed by atoms with E-state index in [1.165, 1.54) is 9.78 Å². The molecule has 0 saturated carbocycles. The van der Waals surface area contributed by atoms with E-state index in [-0.39, 0.29) is 11.9 Å². The number of hydrogen-bond acceptors (Lipinski definition) is 5. The Morgan fingerprint density at radius 3 is 3.00 bits per heavy atom. The van der Waals surface area contributed by atoms with Gasteiger partial charge in [0.2, 0.25) is 0 Å². The van der Waals surface area contributed by atoms with E-state index in [0.29, 0.717) is 23.3 Å². The molecule has 2 heterocycles. The van der Waals surface area contributed by atoms with Crippen molar-refractivity contribution in [3.05, 3.63) is 46.0 Å². The first-order valence-electron chi connectivity index (χ1n) is 10.7. The number of carbonyl (C=O) groups excluding carboxylic acids is 1. The third kappa shape index (κ3) is 4.49. The number of benzene rings is 1.